The molecule has 2 atom stereocenters. The number of ether oxygens (including phenoxy) is 1. The van der Waals surface area contributed by atoms with E-state index < -0.39 is 12.2 Å². The topological polar surface area (TPSA) is 72.6 Å². The molecule has 3 N–H and O–H groups in total. The van der Waals surface area contributed by atoms with Gasteiger partial charge in [0.05, 0.1) is 6.10 Å². The van der Waals surface area contributed by atoms with Crippen LogP contribution in [-0.2, 0) is 4.74 Å². The number of nitrogens with two attached hydrogens (primary N) is 1. The van der Waals surface area contributed by atoms with Crippen LogP contribution in [0, 0.1) is 0 Å². The van der Waals surface area contributed by atoms with Gasteiger partial charge in [-0.2, -0.15) is 0 Å². The lowest BCUT2D eigenvalue weighted by Gasteiger charge is -2.26. The Labute approximate surface area is 65.3 Å². The van der Waals surface area contributed by atoms with Gasteiger partial charge in [0.25, 0.3) is 0 Å². The summed E-state index contributed by atoms with van der Waals surface area (Å²) in [7, 11) is 0. The third-order valence-electron chi connectivity index (χ3n) is 1.94. The molecule has 1 fully saturated rings. The van der Waals surface area contributed by atoms with Gasteiger partial charge in [0, 0.05) is 0 Å². The number of aliphatic hydroxyl groups is 1. The van der Waals surface area contributed by atoms with E-state index in [1.807, 2.05) is 0 Å². The SMILES string of the molecule is NC(=O)O[C@H]1CCCC[C@H]1O. The van der Waals surface area contributed by atoms with Crippen molar-refractivity contribution in [1.29, 1.82) is 0 Å². The summed E-state index contributed by atoms with van der Waals surface area (Å²) in [6.07, 6.45) is 1.74. The van der Waals surface area contributed by atoms with Crippen LogP contribution in [0.5, 0.6) is 0 Å². The summed E-state index contributed by atoms with van der Waals surface area (Å²) < 4.78 is 4.69. The van der Waals surface area contributed by atoms with Gasteiger partial charge in [-0.05, 0) is 19.3 Å². The van der Waals surface area contributed by atoms with E-state index in [0.717, 1.165) is 19.3 Å². The molecule has 0 bridgehead atoms. The number of primary amides is 1. The van der Waals surface area contributed by atoms with E-state index in [0.29, 0.717) is 6.42 Å². The predicted octanol–water partition coefficient (Wildman–Crippen LogP) is 0.385. The number of rotatable bonds is 1. The van der Waals surface area contributed by atoms with Gasteiger partial charge in [0.15, 0.2) is 0 Å². The highest BCUT2D eigenvalue weighted by molar-refractivity contribution is 5.64. The Hall–Kier alpha value is -0.770. The van der Waals surface area contributed by atoms with Crippen molar-refractivity contribution < 1.29 is 14.6 Å². The Bertz CT molecular complexity index is 149. The molecular weight excluding hydrogens is 146 g/mol. The number of amides is 1. The fourth-order valence-corrected chi connectivity index (χ4v) is 1.36. The summed E-state index contributed by atoms with van der Waals surface area (Å²) in [6, 6.07) is 0. The predicted molar refractivity (Wildman–Crippen MR) is 38.9 cm³/mol. The molecule has 4 heteroatoms. The normalized spacial score (nSPS) is 31.4. The fraction of sp³-hybridized carbons (Fsp3) is 0.857. The van der Waals surface area contributed by atoms with E-state index in [-0.39, 0.29) is 6.10 Å². The smallest absolute Gasteiger partial charge is 0.404 e. The number of carbonyl (C=O) groups is 1. The van der Waals surface area contributed by atoms with Crippen LogP contribution in [0.3, 0.4) is 0 Å². The Morgan fingerprint density at radius 1 is 1.45 bits per heavy atom. The molecule has 0 aromatic carbocycles. The van der Waals surface area contributed by atoms with Crippen molar-refractivity contribution in [3.63, 3.8) is 0 Å². The molecule has 64 valence electrons. The fourth-order valence-electron chi connectivity index (χ4n) is 1.36. The van der Waals surface area contributed by atoms with E-state index >= 15 is 0 Å². The van der Waals surface area contributed by atoms with Crippen LogP contribution in [0.4, 0.5) is 4.79 Å². The first-order chi connectivity index (χ1) is 5.20. The molecule has 4 nitrogen and oxygen atoms in total. The molecule has 1 rings (SSSR count). The monoisotopic (exact) mass is 159 g/mol. The van der Waals surface area contributed by atoms with Gasteiger partial charge >= 0.3 is 6.09 Å². The molecule has 1 amide bonds. The first-order valence-electron chi connectivity index (χ1n) is 3.84. The first kappa shape index (κ1) is 8.33. The van der Waals surface area contributed by atoms with Gasteiger partial charge in [-0.25, -0.2) is 4.79 Å². The Kier molecular flexibility index (Phi) is 2.70. The molecule has 11 heavy (non-hydrogen) atoms. The molecule has 0 aromatic rings. The van der Waals surface area contributed by atoms with Crippen molar-refractivity contribution in [2.45, 2.75) is 37.9 Å². The molecule has 0 heterocycles. The van der Waals surface area contributed by atoms with Gasteiger partial charge in [-0.15, -0.1) is 0 Å². The number of aliphatic hydroxyl groups excluding tert-OH is 1. The zero-order valence-electron chi connectivity index (χ0n) is 6.32. The van der Waals surface area contributed by atoms with E-state index in [4.69, 9.17) is 10.5 Å². The summed E-state index contributed by atoms with van der Waals surface area (Å²) in [5.74, 6) is 0. The van der Waals surface area contributed by atoms with Crippen LogP contribution >= 0.6 is 0 Å². The van der Waals surface area contributed by atoms with Crippen LogP contribution < -0.4 is 5.73 Å². The lowest BCUT2D eigenvalue weighted by Crippen LogP contribution is -2.35. The van der Waals surface area contributed by atoms with Crippen molar-refractivity contribution in [2.24, 2.45) is 5.73 Å². The molecule has 0 radical (unpaired) electrons. The summed E-state index contributed by atoms with van der Waals surface area (Å²) in [6.45, 7) is 0. The van der Waals surface area contributed by atoms with Gasteiger partial charge < -0.3 is 15.6 Å². The number of hydrogen-bond acceptors (Lipinski definition) is 3. The van der Waals surface area contributed by atoms with Gasteiger partial charge in [0.2, 0.25) is 0 Å². The molecule has 1 aliphatic rings. The number of carbonyl (C=O) groups excluding carboxylic acids is 1. The van der Waals surface area contributed by atoms with E-state index in [1.54, 1.807) is 0 Å². The highest BCUT2D eigenvalue weighted by atomic mass is 16.6. The Morgan fingerprint density at radius 3 is 2.64 bits per heavy atom. The quantitative estimate of drug-likeness (QED) is 0.581. The van der Waals surface area contributed by atoms with Crippen LogP contribution in [-0.4, -0.2) is 23.4 Å². The summed E-state index contributed by atoms with van der Waals surface area (Å²) in [4.78, 5) is 10.3. The molecule has 1 saturated carbocycles. The van der Waals surface area contributed by atoms with Crippen molar-refractivity contribution in [3.8, 4) is 0 Å². The average Bonchev–Trinajstić information content (AvgIpc) is 1.93. The molecule has 0 saturated heterocycles. The molecular formula is C7H13NO3. The summed E-state index contributed by atoms with van der Waals surface area (Å²) >= 11 is 0. The maximum absolute atomic E-state index is 10.3. The van der Waals surface area contributed by atoms with Crippen LogP contribution in [0.25, 0.3) is 0 Å². The minimum Gasteiger partial charge on any atom is -0.444 e. The average molecular weight is 159 g/mol. The second-order valence-electron chi connectivity index (χ2n) is 2.83. The lowest BCUT2D eigenvalue weighted by atomic mass is 9.95. The van der Waals surface area contributed by atoms with Crippen LogP contribution in [0.2, 0.25) is 0 Å². The van der Waals surface area contributed by atoms with Gasteiger partial charge in [0.1, 0.15) is 6.10 Å². The first-order valence-corrected chi connectivity index (χ1v) is 3.84. The maximum Gasteiger partial charge on any atom is 0.404 e. The van der Waals surface area contributed by atoms with Crippen molar-refractivity contribution in [3.05, 3.63) is 0 Å². The minimum atomic E-state index is -0.795. The zero-order valence-corrected chi connectivity index (χ0v) is 6.32. The molecule has 0 aromatic heterocycles. The molecule has 0 spiro atoms. The second kappa shape index (κ2) is 3.57. The standard InChI is InChI=1S/C7H13NO3/c8-7(10)11-6-4-2-1-3-5(6)9/h5-6,9H,1-4H2,(H2,8,10)/t5-,6+/m1/s1. The summed E-state index contributed by atoms with van der Waals surface area (Å²) in [5.41, 5.74) is 4.81. The Balaban J connectivity index is 2.35. The zero-order chi connectivity index (χ0) is 8.27. The Morgan fingerprint density at radius 2 is 2.09 bits per heavy atom. The highest BCUT2D eigenvalue weighted by Crippen LogP contribution is 2.20. The molecule has 1 aliphatic carbocycles. The van der Waals surface area contributed by atoms with Crippen LogP contribution in [0.15, 0.2) is 0 Å². The van der Waals surface area contributed by atoms with Gasteiger partial charge in [-0.1, -0.05) is 6.42 Å². The molecule has 0 unspecified atom stereocenters. The van der Waals surface area contributed by atoms with E-state index in [1.165, 1.54) is 0 Å². The van der Waals surface area contributed by atoms with Crippen molar-refractivity contribution >= 4 is 6.09 Å². The van der Waals surface area contributed by atoms with E-state index in [2.05, 4.69) is 0 Å². The maximum atomic E-state index is 10.3. The minimum absolute atomic E-state index is 0.374. The van der Waals surface area contributed by atoms with Crippen molar-refractivity contribution in [1.82, 2.24) is 0 Å². The third-order valence-corrected chi connectivity index (χ3v) is 1.94. The summed E-state index contributed by atoms with van der Waals surface area (Å²) in [5, 5.41) is 9.29. The molecule has 0 aliphatic heterocycles. The largest absolute Gasteiger partial charge is 0.444 e. The number of hydrogen-bond donors (Lipinski definition) is 2. The van der Waals surface area contributed by atoms with E-state index in [9.17, 15) is 9.90 Å². The van der Waals surface area contributed by atoms with Gasteiger partial charge in [-0.3, -0.25) is 0 Å². The third kappa shape index (κ3) is 2.38. The van der Waals surface area contributed by atoms with Crippen molar-refractivity contribution in [2.75, 3.05) is 0 Å². The lowest BCUT2D eigenvalue weighted by molar-refractivity contribution is -0.0181. The second-order valence-corrected chi connectivity index (χ2v) is 2.83. The highest BCUT2D eigenvalue weighted by Gasteiger charge is 2.25. The van der Waals surface area contributed by atoms with Crippen LogP contribution in [0.1, 0.15) is 25.7 Å².